The van der Waals surface area contributed by atoms with Gasteiger partial charge in [-0.1, -0.05) is 17.3 Å². The zero-order valence-electron chi connectivity index (χ0n) is 26.1. The van der Waals surface area contributed by atoms with Gasteiger partial charge >= 0.3 is 5.82 Å². The van der Waals surface area contributed by atoms with E-state index in [-0.39, 0.29) is 30.3 Å². The minimum absolute atomic E-state index is 0.0798. The first-order chi connectivity index (χ1) is 21.1. The molecule has 0 spiro atoms. The van der Waals surface area contributed by atoms with Gasteiger partial charge in [0, 0.05) is 45.9 Å². The number of carbonyl (C=O) groups excluding carboxylic acids is 3. The minimum atomic E-state index is -0.818. The van der Waals surface area contributed by atoms with E-state index >= 15 is 0 Å². The highest BCUT2D eigenvalue weighted by molar-refractivity contribution is 5.95. The van der Waals surface area contributed by atoms with Gasteiger partial charge in [0.05, 0.1) is 19.7 Å². The van der Waals surface area contributed by atoms with Gasteiger partial charge in [0.25, 0.3) is 11.8 Å². The van der Waals surface area contributed by atoms with E-state index < -0.39 is 5.41 Å². The van der Waals surface area contributed by atoms with Crippen LogP contribution in [0.15, 0.2) is 36.4 Å². The zero-order valence-corrected chi connectivity index (χ0v) is 26.1. The van der Waals surface area contributed by atoms with E-state index in [9.17, 15) is 19.6 Å². The Morgan fingerprint density at radius 2 is 1.64 bits per heavy atom. The Balaban J connectivity index is 1.60. The van der Waals surface area contributed by atoms with Crippen molar-refractivity contribution in [2.75, 3.05) is 47.8 Å². The summed E-state index contributed by atoms with van der Waals surface area (Å²) in [5.74, 6) is 0.431. The topological polar surface area (TPSA) is 142 Å². The highest BCUT2D eigenvalue weighted by Gasteiger charge is 2.48. The quantitative estimate of drug-likeness (QED) is 0.291. The van der Waals surface area contributed by atoms with Crippen molar-refractivity contribution in [1.29, 1.82) is 5.26 Å². The number of H-pyrrole nitrogens is 1. The maximum atomic E-state index is 13.0. The highest BCUT2D eigenvalue weighted by atomic mass is 16.2. The van der Waals surface area contributed by atoms with Crippen LogP contribution in [0.25, 0.3) is 0 Å². The normalized spacial score (nSPS) is 16.8. The Labute approximate surface area is 257 Å². The Morgan fingerprint density at radius 3 is 2.14 bits per heavy atom. The fraction of sp³-hybridized carbons (Fsp3) is 0.469. The Bertz CT molecular complexity index is 1550. The van der Waals surface area contributed by atoms with Gasteiger partial charge in [-0.2, -0.15) is 9.94 Å². The standard InChI is InChI=1S/C32H39N9O3/c1-38(2)29(43)23-10-12-26-21(17-23)8-9-22-18-24(30(44)39(3)4)11-13-27(22)32(26,31-35-36-37-40(31)5)14-15-34-20-28(42)41-16-6-7-25(41)19-33/h10-13,17-18,25,34H,6-9,14-16,20H2,1-5H3/p+1/t25-/m0/s1. The van der Waals surface area contributed by atoms with Crippen LogP contribution >= 0.6 is 0 Å². The number of aryl methyl sites for hydroxylation is 3. The van der Waals surface area contributed by atoms with Gasteiger partial charge in [0.1, 0.15) is 16.6 Å². The third-order valence-corrected chi connectivity index (χ3v) is 8.81. The molecule has 1 saturated heterocycles. The summed E-state index contributed by atoms with van der Waals surface area (Å²) in [6, 6.07) is 13.6. The average molecular weight is 599 g/mol. The van der Waals surface area contributed by atoms with Crippen molar-refractivity contribution in [2.45, 2.75) is 43.6 Å². The van der Waals surface area contributed by atoms with Gasteiger partial charge in [-0.15, -0.1) is 0 Å². The minimum Gasteiger partial charge on any atom is -0.345 e. The first kappa shape index (κ1) is 30.8. The number of hydrogen-bond donors (Lipinski definition) is 2. The Kier molecular flexibility index (Phi) is 8.78. The van der Waals surface area contributed by atoms with Crippen molar-refractivity contribution in [2.24, 2.45) is 7.05 Å². The van der Waals surface area contributed by atoms with E-state index in [1.54, 1.807) is 47.6 Å². The molecule has 1 aliphatic carbocycles. The van der Waals surface area contributed by atoms with Crippen LogP contribution in [0.2, 0.25) is 0 Å². The molecule has 2 heterocycles. The SMILES string of the molecule is CN(C)C(=O)c1ccc2c(c1)CCc1cc(C(=O)N(C)C)ccc1C2(CCNCC(=O)N1CCC[C@H]1C#N)c1nn[nH][n+]1C. The first-order valence-electron chi connectivity index (χ1n) is 15.0. The molecule has 1 aromatic heterocycles. The van der Waals surface area contributed by atoms with Crippen molar-refractivity contribution >= 4 is 17.7 Å². The number of aromatic amines is 1. The molecule has 12 nitrogen and oxygen atoms in total. The molecule has 1 atom stereocenters. The summed E-state index contributed by atoms with van der Waals surface area (Å²) in [5, 5.41) is 24.5. The number of likely N-dealkylation sites (tertiary alicyclic amines) is 1. The summed E-state index contributed by atoms with van der Waals surface area (Å²) < 4.78 is 1.80. The third-order valence-electron chi connectivity index (χ3n) is 8.81. The summed E-state index contributed by atoms with van der Waals surface area (Å²) in [6.07, 6.45) is 3.38. The van der Waals surface area contributed by atoms with Gasteiger partial charge in [0.15, 0.2) is 5.21 Å². The maximum absolute atomic E-state index is 13.0. The summed E-state index contributed by atoms with van der Waals surface area (Å²) in [5.41, 5.74) is 4.41. The van der Waals surface area contributed by atoms with Crippen LogP contribution in [0.3, 0.4) is 0 Å². The molecule has 2 aromatic carbocycles. The number of tetrazole rings is 1. The molecule has 2 N–H and O–H groups in total. The fourth-order valence-electron chi connectivity index (χ4n) is 6.65. The van der Waals surface area contributed by atoms with Gasteiger partial charge in [-0.3, -0.25) is 14.4 Å². The van der Waals surface area contributed by atoms with Gasteiger partial charge < -0.3 is 20.0 Å². The van der Waals surface area contributed by atoms with E-state index in [4.69, 9.17) is 0 Å². The lowest BCUT2D eigenvalue weighted by molar-refractivity contribution is -0.740. The van der Waals surface area contributed by atoms with E-state index in [1.165, 1.54) is 0 Å². The van der Waals surface area contributed by atoms with E-state index in [0.29, 0.717) is 55.7 Å². The molecule has 0 radical (unpaired) electrons. The van der Waals surface area contributed by atoms with Crippen LogP contribution in [0.4, 0.5) is 0 Å². The molecule has 44 heavy (non-hydrogen) atoms. The molecule has 12 heteroatoms. The van der Waals surface area contributed by atoms with Crippen molar-refractivity contribution in [1.82, 2.24) is 35.5 Å². The van der Waals surface area contributed by atoms with E-state index in [2.05, 4.69) is 26.9 Å². The molecule has 2 aliphatic rings. The van der Waals surface area contributed by atoms with Crippen molar-refractivity contribution < 1.29 is 19.1 Å². The molecule has 0 saturated carbocycles. The van der Waals surface area contributed by atoms with Gasteiger partial charge in [0.2, 0.25) is 5.91 Å². The lowest BCUT2D eigenvalue weighted by Gasteiger charge is -2.33. The predicted molar refractivity (Wildman–Crippen MR) is 162 cm³/mol. The molecule has 0 unspecified atom stereocenters. The maximum Gasteiger partial charge on any atom is 0.315 e. The Hall–Kier alpha value is -4.63. The zero-order chi connectivity index (χ0) is 31.6. The van der Waals surface area contributed by atoms with Crippen LogP contribution in [-0.2, 0) is 30.1 Å². The number of carbonyl (C=O) groups is 3. The number of nitrogens with zero attached hydrogens (tertiary/aromatic N) is 7. The summed E-state index contributed by atoms with van der Waals surface area (Å²) in [4.78, 5) is 43.7. The number of nitriles is 1. The molecular weight excluding hydrogens is 558 g/mol. The monoisotopic (exact) mass is 598 g/mol. The van der Waals surface area contributed by atoms with Crippen LogP contribution in [0, 0.1) is 11.3 Å². The largest absolute Gasteiger partial charge is 0.345 e. The highest BCUT2D eigenvalue weighted by Crippen LogP contribution is 2.45. The van der Waals surface area contributed by atoms with Crippen LogP contribution in [-0.4, -0.2) is 102 Å². The second kappa shape index (κ2) is 12.5. The van der Waals surface area contributed by atoms with E-state index in [1.807, 2.05) is 43.4 Å². The molecule has 5 rings (SSSR count). The molecule has 230 valence electrons. The number of hydrogen-bond acceptors (Lipinski definition) is 7. The Morgan fingerprint density at radius 1 is 1.05 bits per heavy atom. The average Bonchev–Trinajstić information content (AvgIpc) is 3.65. The molecule has 1 fully saturated rings. The number of nitrogens with one attached hydrogen (secondary N) is 2. The third kappa shape index (κ3) is 5.55. The van der Waals surface area contributed by atoms with Crippen LogP contribution < -0.4 is 10.00 Å². The van der Waals surface area contributed by atoms with Crippen LogP contribution in [0.5, 0.6) is 0 Å². The smallest absolute Gasteiger partial charge is 0.315 e. The van der Waals surface area contributed by atoms with Crippen LogP contribution in [0.1, 0.15) is 68.1 Å². The number of benzene rings is 2. The predicted octanol–water partition coefficient (Wildman–Crippen LogP) is 0.960. The van der Waals surface area contributed by atoms with Crippen molar-refractivity contribution in [3.8, 4) is 6.07 Å². The lowest BCUT2D eigenvalue weighted by Crippen LogP contribution is -2.47. The van der Waals surface area contributed by atoms with Crippen molar-refractivity contribution in [3.05, 3.63) is 75.6 Å². The first-order valence-corrected chi connectivity index (χ1v) is 15.0. The molecule has 3 aromatic rings. The van der Waals surface area contributed by atoms with Gasteiger partial charge in [-0.05, 0) is 85.2 Å². The number of amides is 3. The lowest BCUT2D eigenvalue weighted by atomic mass is 9.69. The molecular formula is C32H40N9O3+. The van der Waals surface area contributed by atoms with Crippen molar-refractivity contribution in [3.63, 3.8) is 0 Å². The summed E-state index contributed by atoms with van der Waals surface area (Å²) in [7, 11) is 8.81. The number of fused-ring (bicyclic) bond motifs is 2. The summed E-state index contributed by atoms with van der Waals surface area (Å²) in [6.45, 7) is 1.17. The number of aromatic nitrogens is 4. The molecule has 0 bridgehead atoms. The second-order valence-electron chi connectivity index (χ2n) is 12.0. The van der Waals surface area contributed by atoms with Gasteiger partial charge in [-0.25, -0.2) is 0 Å². The number of rotatable bonds is 8. The van der Waals surface area contributed by atoms with E-state index in [0.717, 1.165) is 28.7 Å². The molecule has 3 amide bonds. The summed E-state index contributed by atoms with van der Waals surface area (Å²) >= 11 is 0. The fourth-order valence-corrected chi connectivity index (χ4v) is 6.65. The second-order valence-corrected chi connectivity index (χ2v) is 12.0. The molecule has 1 aliphatic heterocycles.